The molecule has 1 N–H and O–H groups in total. The minimum atomic E-state index is -0.826. The number of fused-ring (bicyclic) bond motifs is 1. The van der Waals surface area contributed by atoms with Crippen molar-refractivity contribution in [1.29, 1.82) is 0 Å². The number of rotatable bonds is 4. The number of carboxylic acids is 1. The highest BCUT2D eigenvalue weighted by atomic mass is 16.4. The van der Waals surface area contributed by atoms with Crippen LogP contribution in [-0.4, -0.2) is 38.6 Å². The van der Waals surface area contributed by atoms with Crippen LogP contribution in [0.4, 0.5) is 0 Å². The highest BCUT2D eigenvalue weighted by Crippen LogP contribution is 2.22. The first-order chi connectivity index (χ1) is 10.1. The number of carbonyl (C=O) groups is 1. The van der Waals surface area contributed by atoms with Crippen molar-refractivity contribution in [2.45, 2.75) is 19.4 Å². The first kappa shape index (κ1) is 13.8. The zero-order valence-electron chi connectivity index (χ0n) is 12.1. The maximum absolute atomic E-state index is 11.2. The summed E-state index contributed by atoms with van der Waals surface area (Å²) in [6.45, 7) is 2.67. The number of nitrogens with zero attached hydrogens (tertiary/aromatic N) is 3. The fraction of sp³-hybridized carbons (Fsp3) is 0.375. The Morgan fingerprint density at radius 1 is 1.43 bits per heavy atom. The van der Waals surface area contributed by atoms with Gasteiger partial charge in [0.2, 0.25) is 0 Å². The number of carboxylic acid groups (broad SMARTS) is 1. The first-order valence-electron chi connectivity index (χ1n) is 7.18. The number of hydrogen-bond donors (Lipinski definition) is 1. The van der Waals surface area contributed by atoms with Gasteiger partial charge in [0.05, 0.1) is 5.56 Å². The van der Waals surface area contributed by atoms with Crippen LogP contribution < -0.4 is 0 Å². The summed E-state index contributed by atoms with van der Waals surface area (Å²) < 4.78 is 2.04. The van der Waals surface area contributed by atoms with Crippen LogP contribution in [-0.2, 0) is 26.4 Å². The van der Waals surface area contributed by atoms with Crippen LogP contribution >= 0.6 is 0 Å². The average Bonchev–Trinajstić information content (AvgIpc) is 2.89. The predicted octanol–water partition coefficient (Wildman–Crippen LogP) is 1.72. The van der Waals surface area contributed by atoms with Gasteiger partial charge in [-0.25, -0.2) is 9.78 Å². The lowest BCUT2D eigenvalue weighted by Gasteiger charge is -2.29. The lowest BCUT2D eigenvalue weighted by molar-refractivity contribution is 0.0694. The molecule has 0 saturated carbocycles. The van der Waals surface area contributed by atoms with Crippen LogP contribution in [0, 0.1) is 0 Å². The molecule has 2 aromatic rings. The lowest BCUT2D eigenvalue weighted by Crippen LogP contribution is -2.33. The Kier molecular flexibility index (Phi) is 3.75. The molecular formula is C16H19N3O2. The molecule has 2 heterocycles. The molecule has 3 rings (SSSR count). The normalized spacial score (nSPS) is 14.9. The van der Waals surface area contributed by atoms with Gasteiger partial charge in [-0.1, -0.05) is 12.1 Å². The molecule has 0 unspecified atom stereocenters. The lowest BCUT2D eigenvalue weighted by atomic mass is 9.94. The fourth-order valence-electron chi connectivity index (χ4n) is 2.95. The maximum atomic E-state index is 11.2. The minimum absolute atomic E-state index is 0.455. The molecule has 1 aliphatic heterocycles. The molecule has 0 aliphatic carbocycles. The SMILES string of the molecule is Cn1ccnc1CCN1CCc2c(cccc2C(=O)O)C1. The summed E-state index contributed by atoms with van der Waals surface area (Å²) in [4.78, 5) is 18.0. The van der Waals surface area contributed by atoms with Gasteiger partial charge in [0, 0.05) is 45.5 Å². The fourth-order valence-corrected chi connectivity index (χ4v) is 2.95. The van der Waals surface area contributed by atoms with E-state index in [1.54, 1.807) is 6.07 Å². The zero-order chi connectivity index (χ0) is 14.8. The predicted molar refractivity (Wildman–Crippen MR) is 79.3 cm³/mol. The Bertz CT molecular complexity index is 663. The van der Waals surface area contributed by atoms with E-state index in [-0.39, 0.29) is 0 Å². The summed E-state index contributed by atoms with van der Waals surface area (Å²) in [6, 6.07) is 5.57. The van der Waals surface area contributed by atoms with E-state index < -0.39 is 5.97 Å². The third-order valence-corrected chi connectivity index (χ3v) is 4.15. The van der Waals surface area contributed by atoms with E-state index in [0.717, 1.165) is 49.4 Å². The molecule has 0 amide bonds. The Balaban J connectivity index is 1.69. The van der Waals surface area contributed by atoms with Crippen LogP contribution in [0.25, 0.3) is 0 Å². The molecule has 0 atom stereocenters. The van der Waals surface area contributed by atoms with E-state index in [9.17, 15) is 9.90 Å². The molecular weight excluding hydrogens is 266 g/mol. The van der Waals surface area contributed by atoms with Crippen LogP contribution in [0.2, 0.25) is 0 Å². The second kappa shape index (κ2) is 5.69. The second-order valence-electron chi connectivity index (χ2n) is 5.48. The monoisotopic (exact) mass is 285 g/mol. The summed E-state index contributed by atoms with van der Waals surface area (Å²) in [6.07, 6.45) is 5.50. The molecule has 110 valence electrons. The van der Waals surface area contributed by atoms with Crippen molar-refractivity contribution >= 4 is 5.97 Å². The van der Waals surface area contributed by atoms with Crippen molar-refractivity contribution in [2.24, 2.45) is 7.05 Å². The average molecular weight is 285 g/mol. The number of benzene rings is 1. The number of hydrogen-bond acceptors (Lipinski definition) is 3. The Morgan fingerprint density at radius 3 is 3.00 bits per heavy atom. The largest absolute Gasteiger partial charge is 0.478 e. The van der Waals surface area contributed by atoms with E-state index >= 15 is 0 Å². The van der Waals surface area contributed by atoms with E-state index in [1.807, 2.05) is 36.1 Å². The van der Waals surface area contributed by atoms with E-state index in [0.29, 0.717) is 5.56 Å². The van der Waals surface area contributed by atoms with Crippen molar-refractivity contribution in [2.75, 3.05) is 13.1 Å². The molecule has 1 aliphatic rings. The van der Waals surface area contributed by atoms with Crippen LogP contribution in [0.15, 0.2) is 30.6 Å². The third-order valence-electron chi connectivity index (χ3n) is 4.15. The molecule has 0 radical (unpaired) electrons. The van der Waals surface area contributed by atoms with Gasteiger partial charge in [-0.2, -0.15) is 0 Å². The Morgan fingerprint density at radius 2 is 2.29 bits per heavy atom. The number of imidazole rings is 1. The molecule has 0 spiro atoms. The molecule has 0 saturated heterocycles. The number of aromatic nitrogens is 2. The highest BCUT2D eigenvalue weighted by Gasteiger charge is 2.21. The van der Waals surface area contributed by atoms with Crippen LogP contribution in [0.1, 0.15) is 27.3 Å². The van der Waals surface area contributed by atoms with Crippen molar-refractivity contribution in [3.8, 4) is 0 Å². The summed E-state index contributed by atoms with van der Waals surface area (Å²) in [5.74, 6) is 0.258. The third kappa shape index (κ3) is 2.83. The molecule has 0 fully saturated rings. The van der Waals surface area contributed by atoms with Gasteiger partial charge in [-0.3, -0.25) is 4.90 Å². The van der Waals surface area contributed by atoms with Crippen molar-refractivity contribution in [1.82, 2.24) is 14.5 Å². The van der Waals surface area contributed by atoms with Crippen molar-refractivity contribution < 1.29 is 9.90 Å². The molecule has 5 nitrogen and oxygen atoms in total. The van der Waals surface area contributed by atoms with Gasteiger partial charge in [0.25, 0.3) is 0 Å². The van der Waals surface area contributed by atoms with Crippen molar-refractivity contribution in [3.05, 3.63) is 53.1 Å². The topological polar surface area (TPSA) is 58.4 Å². The van der Waals surface area contributed by atoms with Gasteiger partial charge in [0.15, 0.2) is 0 Å². The summed E-state index contributed by atoms with van der Waals surface area (Å²) in [7, 11) is 2.01. The minimum Gasteiger partial charge on any atom is -0.478 e. The van der Waals surface area contributed by atoms with E-state index in [4.69, 9.17) is 0 Å². The quantitative estimate of drug-likeness (QED) is 0.929. The highest BCUT2D eigenvalue weighted by molar-refractivity contribution is 5.89. The van der Waals surface area contributed by atoms with Gasteiger partial charge < -0.3 is 9.67 Å². The number of aromatic carboxylic acids is 1. The zero-order valence-corrected chi connectivity index (χ0v) is 12.1. The second-order valence-corrected chi connectivity index (χ2v) is 5.48. The molecule has 21 heavy (non-hydrogen) atoms. The number of aryl methyl sites for hydroxylation is 1. The summed E-state index contributed by atoms with van der Waals surface area (Å²) in [5.41, 5.74) is 2.59. The van der Waals surface area contributed by atoms with E-state index in [1.165, 1.54) is 0 Å². The van der Waals surface area contributed by atoms with E-state index in [2.05, 4.69) is 9.88 Å². The standard InChI is InChI=1S/C16H19N3O2/c1-18-10-7-17-15(18)6-9-19-8-5-13-12(11-19)3-2-4-14(13)16(20)21/h2-4,7,10H,5-6,8-9,11H2,1H3,(H,20,21). The van der Waals surface area contributed by atoms with Gasteiger partial charge >= 0.3 is 5.97 Å². The van der Waals surface area contributed by atoms with Crippen LogP contribution in [0.3, 0.4) is 0 Å². The summed E-state index contributed by atoms with van der Waals surface area (Å²) in [5, 5.41) is 9.24. The molecule has 5 heteroatoms. The molecule has 0 bridgehead atoms. The maximum Gasteiger partial charge on any atom is 0.335 e. The smallest absolute Gasteiger partial charge is 0.335 e. The van der Waals surface area contributed by atoms with Gasteiger partial charge in [-0.05, 0) is 23.6 Å². The Labute approximate surface area is 123 Å². The first-order valence-corrected chi connectivity index (χ1v) is 7.18. The van der Waals surface area contributed by atoms with Gasteiger partial charge in [-0.15, -0.1) is 0 Å². The van der Waals surface area contributed by atoms with Crippen LogP contribution in [0.5, 0.6) is 0 Å². The van der Waals surface area contributed by atoms with Crippen molar-refractivity contribution in [3.63, 3.8) is 0 Å². The molecule has 1 aromatic heterocycles. The summed E-state index contributed by atoms with van der Waals surface area (Å²) >= 11 is 0. The molecule has 1 aromatic carbocycles. The van der Waals surface area contributed by atoms with Gasteiger partial charge in [0.1, 0.15) is 5.82 Å². The Hall–Kier alpha value is -2.14.